The highest BCUT2D eigenvalue weighted by Gasteiger charge is 2.01. The van der Waals surface area contributed by atoms with Crippen molar-refractivity contribution in [1.82, 2.24) is 9.97 Å². The van der Waals surface area contributed by atoms with E-state index in [4.69, 9.17) is 15.9 Å². The van der Waals surface area contributed by atoms with Crippen LogP contribution in [0.2, 0.25) is 0 Å². The van der Waals surface area contributed by atoms with Crippen molar-refractivity contribution < 1.29 is 4.74 Å². The number of rotatable bonds is 5. The first-order valence-electron chi connectivity index (χ1n) is 4.84. The number of nitrogens with zero attached hydrogens (tertiary/aromatic N) is 2. The van der Waals surface area contributed by atoms with E-state index in [2.05, 4.69) is 23.8 Å². The Hall–Kier alpha value is -1.65. The van der Waals surface area contributed by atoms with Crippen LogP contribution in [-0.4, -0.2) is 22.4 Å². The molecular formula is C10H16N4O. The first-order chi connectivity index (χ1) is 7.08. The summed E-state index contributed by atoms with van der Waals surface area (Å²) >= 11 is 0. The Labute approximate surface area is 89.2 Å². The number of nitrogens with one attached hydrogen (secondary N) is 1. The minimum atomic E-state index is 0.106. The van der Waals surface area contributed by atoms with Gasteiger partial charge in [0.25, 0.3) is 0 Å². The van der Waals surface area contributed by atoms with Crippen molar-refractivity contribution in [2.24, 2.45) is 11.7 Å². The average molecular weight is 208 g/mol. The first kappa shape index (κ1) is 11.4. The molecule has 0 saturated heterocycles. The third kappa shape index (κ3) is 4.39. The molecule has 15 heavy (non-hydrogen) atoms. The third-order valence-electron chi connectivity index (χ3n) is 1.62. The fourth-order valence-electron chi connectivity index (χ4n) is 0.970. The number of aromatic nitrogens is 2. The predicted octanol–water partition coefficient (Wildman–Crippen LogP) is 0.990. The highest BCUT2D eigenvalue weighted by atomic mass is 16.5. The smallest absolute Gasteiger partial charge is 0.316 e. The molecule has 1 aromatic rings. The lowest BCUT2D eigenvalue weighted by molar-refractivity contribution is 0.250. The van der Waals surface area contributed by atoms with E-state index in [1.54, 1.807) is 12.4 Å². The molecule has 1 rings (SSSR count). The maximum Gasteiger partial charge on any atom is 0.316 e. The largest absolute Gasteiger partial charge is 0.463 e. The van der Waals surface area contributed by atoms with Gasteiger partial charge in [0.2, 0.25) is 0 Å². The Morgan fingerprint density at radius 1 is 1.47 bits per heavy atom. The summed E-state index contributed by atoms with van der Waals surface area (Å²) in [6.07, 6.45) is 3.64. The monoisotopic (exact) mass is 208 g/mol. The number of hydrogen-bond donors (Lipinski definition) is 2. The molecule has 0 aliphatic carbocycles. The Morgan fingerprint density at radius 2 is 2.07 bits per heavy atom. The van der Waals surface area contributed by atoms with Crippen LogP contribution in [0.15, 0.2) is 12.4 Å². The summed E-state index contributed by atoms with van der Waals surface area (Å²) in [4.78, 5) is 8.04. The van der Waals surface area contributed by atoms with Gasteiger partial charge >= 0.3 is 6.01 Å². The maximum absolute atomic E-state index is 7.11. The lowest BCUT2D eigenvalue weighted by Crippen LogP contribution is -2.13. The van der Waals surface area contributed by atoms with Crippen LogP contribution in [0.4, 0.5) is 0 Å². The Bertz CT molecular complexity index is 321. The molecule has 0 atom stereocenters. The van der Waals surface area contributed by atoms with Crippen molar-refractivity contribution in [2.45, 2.75) is 20.3 Å². The zero-order valence-electron chi connectivity index (χ0n) is 9.03. The molecule has 0 aliphatic heterocycles. The lowest BCUT2D eigenvalue weighted by atomic mass is 10.2. The molecule has 1 aromatic heterocycles. The first-order valence-corrected chi connectivity index (χ1v) is 4.84. The summed E-state index contributed by atoms with van der Waals surface area (Å²) in [7, 11) is 0. The van der Waals surface area contributed by atoms with E-state index in [9.17, 15) is 0 Å². The summed E-state index contributed by atoms with van der Waals surface area (Å²) in [5.74, 6) is 0.556. The van der Waals surface area contributed by atoms with Crippen molar-refractivity contribution in [3.05, 3.63) is 18.0 Å². The van der Waals surface area contributed by atoms with Gasteiger partial charge in [0.15, 0.2) is 0 Å². The van der Waals surface area contributed by atoms with E-state index in [1.165, 1.54) is 0 Å². The molecule has 82 valence electrons. The average Bonchev–Trinajstić information content (AvgIpc) is 2.16. The van der Waals surface area contributed by atoms with Gasteiger partial charge in [-0.2, -0.15) is 0 Å². The molecule has 0 aromatic carbocycles. The number of ether oxygens (including phenoxy) is 1. The molecule has 0 fully saturated rings. The Kier molecular flexibility index (Phi) is 4.03. The predicted molar refractivity (Wildman–Crippen MR) is 58.0 cm³/mol. The van der Waals surface area contributed by atoms with Gasteiger partial charge in [-0.1, -0.05) is 13.8 Å². The van der Waals surface area contributed by atoms with Gasteiger partial charge in [0, 0.05) is 18.8 Å². The van der Waals surface area contributed by atoms with Gasteiger partial charge in [-0.3, -0.25) is 5.41 Å². The Balaban J connectivity index is 2.52. The fraction of sp³-hybridized carbons (Fsp3) is 0.500. The Morgan fingerprint density at radius 3 is 2.53 bits per heavy atom. The molecule has 0 bridgehead atoms. The van der Waals surface area contributed by atoms with Crippen LogP contribution in [0.5, 0.6) is 6.01 Å². The fourth-order valence-corrected chi connectivity index (χ4v) is 0.970. The van der Waals surface area contributed by atoms with Crippen molar-refractivity contribution in [2.75, 3.05) is 6.61 Å². The molecule has 3 N–H and O–H groups in total. The number of amidine groups is 1. The molecule has 1 heterocycles. The number of nitrogens with two attached hydrogens (primary N) is 1. The second kappa shape index (κ2) is 5.29. The van der Waals surface area contributed by atoms with E-state index in [0.29, 0.717) is 25.0 Å². The quantitative estimate of drug-likeness (QED) is 0.558. The van der Waals surface area contributed by atoms with Crippen LogP contribution >= 0.6 is 0 Å². The summed E-state index contributed by atoms with van der Waals surface area (Å²) in [6.45, 7) is 4.72. The second-order valence-corrected chi connectivity index (χ2v) is 3.78. The van der Waals surface area contributed by atoms with Gasteiger partial charge in [-0.05, 0) is 11.5 Å². The van der Waals surface area contributed by atoms with Crippen LogP contribution in [0, 0.1) is 11.3 Å². The SMILES string of the molecule is CC(C)COc1ncc(CC(=N)N)cn1. The molecule has 0 radical (unpaired) electrons. The van der Waals surface area contributed by atoms with Crippen LogP contribution < -0.4 is 10.5 Å². The van der Waals surface area contributed by atoms with Crippen LogP contribution in [-0.2, 0) is 6.42 Å². The van der Waals surface area contributed by atoms with E-state index in [1.807, 2.05) is 0 Å². The molecule has 0 amide bonds. The molecule has 5 heteroatoms. The minimum absolute atomic E-state index is 0.106. The molecule has 0 saturated carbocycles. The van der Waals surface area contributed by atoms with Gasteiger partial charge in [-0.25, -0.2) is 9.97 Å². The van der Waals surface area contributed by atoms with Crippen molar-refractivity contribution in [1.29, 1.82) is 5.41 Å². The van der Waals surface area contributed by atoms with Crippen molar-refractivity contribution in [3.63, 3.8) is 0 Å². The zero-order valence-corrected chi connectivity index (χ0v) is 9.03. The summed E-state index contributed by atoms with van der Waals surface area (Å²) < 4.78 is 5.32. The van der Waals surface area contributed by atoms with Crippen LogP contribution in [0.1, 0.15) is 19.4 Å². The van der Waals surface area contributed by atoms with Crippen molar-refractivity contribution in [3.8, 4) is 6.01 Å². The summed E-state index contributed by atoms with van der Waals surface area (Å²) in [5, 5.41) is 7.11. The van der Waals surface area contributed by atoms with Gasteiger partial charge < -0.3 is 10.5 Å². The highest BCUT2D eigenvalue weighted by molar-refractivity contribution is 5.79. The van der Waals surface area contributed by atoms with Gasteiger partial charge in [-0.15, -0.1) is 0 Å². The van der Waals surface area contributed by atoms with Gasteiger partial charge in [0.05, 0.1) is 12.4 Å². The molecule has 0 aliphatic rings. The summed E-state index contributed by atoms with van der Waals surface area (Å²) in [6, 6.07) is 0.371. The molecular weight excluding hydrogens is 192 g/mol. The van der Waals surface area contributed by atoms with E-state index in [0.717, 1.165) is 5.56 Å². The topological polar surface area (TPSA) is 84.9 Å². The molecule has 0 spiro atoms. The third-order valence-corrected chi connectivity index (χ3v) is 1.62. The maximum atomic E-state index is 7.11. The highest BCUT2D eigenvalue weighted by Crippen LogP contribution is 2.04. The van der Waals surface area contributed by atoms with Crippen LogP contribution in [0.25, 0.3) is 0 Å². The van der Waals surface area contributed by atoms with Crippen molar-refractivity contribution >= 4 is 5.84 Å². The normalized spacial score (nSPS) is 10.3. The van der Waals surface area contributed by atoms with E-state index >= 15 is 0 Å². The van der Waals surface area contributed by atoms with Gasteiger partial charge in [0.1, 0.15) is 0 Å². The second-order valence-electron chi connectivity index (χ2n) is 3.78. The standard InChI is InChI=1S/C10H16N4O/c1-7(2)6-15-10-13-4-8(5-14-10)3-9(11)12/h4-5,7H,3,6H2,1-2H3,(H3,11,12). The van der Waals surface area contributed by atoms with Crippen LogP contribution in [0.3, 0.4) is 0 Å². The molecule has 5 nitrogen and oxygen atoms in total. The van der Waals surface area contributed by atoms with E-state index < -0.39 is 0 Å². The zero-order chi connectivity index (χ0) is 11.3. The van der Waals surface area contributed by atoms with E-state index in [-0.39, 0.29) is 5.84 Å². The minimum Gasteiger partial charge on any atom is -0.463 e. The number of hydrogen-bond acceptors (Lipinski definition) is 4. The lowest BCUT2D eigenvalue weighted by Gasteiger charge is -2.06. The molecule has 0 unspecified atom stereocenters. The summed E-state index contributed by atoms with van der Waals surface area (Å²) in [5.41, 5.74) is 6.08.